The van der Waals surface area contributed by atoms with Crippen LogP contribution in [-0.4, -0.2) is 38.6 Å². The van der Waals surface area contributed by atoms with Gasteiger partial charge in [0.15, 0.2) is 5.65 Å². The van der Waals surface area contributed by atoms with Gasteiger partial charge >= 0.3 is 6.18 Å². The molecule has 35 heavy (non-hydrogen) atoms. The number of nitrogens with two attached hydrogens (primary N) is 1. The molecular formula is C24H21F3N6O2. The molecule has 3 heterocycles. The van der Waals surface area contributed by atoms with Crippen LogP contribution in [0.15, 0.2) is 54.9 Å². The van der Waals surface area contributed by atoms with E-state index in [1.165, 1.54) is 16.9 Å². The second-order valence-electron chi connectivity index (χ2n) is 8.22. The minimum atomic E-state index is -4.63. The van der Waals surface area contributed by atoms with Gasteiger partial charge in [-0.05, 0) is 55.3 Å². The zero-order valence-electron chi connectivity index (χ0n) is 18.4. The fourth-order valence-electron chi connectivity index (χ4n) is 3.62. The van der Waals surface area contributed by atoms with Crippen LogP contribution in [0.2, 0.25) is 0 Å². The van der Waals surface area contributed by atoms with Gasteiger partial charge in [-0.25, -0.2) is 14.5 Å². The van der Waals surface area contributed by atoms with Crippen molar-refractivity contribution in [1.29, 1.82) is 0 Å². The largest absolute Gasteiger partial charge is 0.492 e. The molecule has 1 aromatic carbocycles. The van der Waals surface area contributed by atoms with Crippen molar-refractivity contribution in [2.75, 3.05) is 18.9 Å². The molecule has 3 N–H and O–H groups in total. The summed E-state index contributed by atoms with van der Waals surface area (Å²) >= 11 is 0. The number of nitrogens with one attached hydrogen (secondary N) is 1. The standard InChI is InChI=1S/C24H21F3N6O2/c25-24(26,27)18-11-16(12-31-22(18)28)20-13-30-21-8-7-19(32-33(20)21)14-3-5-17(6-4-14)35-10-9-29-23(34)15-1-2-15/h3-8,11-13,15H,1-2,9-10H2,(H2,28,31)(H,29,34). The van der Waals surface area contributed by atoms with E-state index in [0.29, 0.717) is 35.9 Å². The van der Waals surface area contributed by atoms with Gasteiger partial charge in [0.05, 0.1) is 29.7 Å². The van der Waals surface area contributed by atoms with E-state index in [2.05, 4.69) is 20.4 Å². The van der Waals surface area contributed by atoms with E-state index in [4.69, 9.17) is 10.5 Å². The highest BCUT2D eigenvalue weighted by molar-refractivity contribution is 5.80. The van der Waals surface area contributed by atoms with Crippen molar-refractivity contribution in [1.82, 2.24) is 24.9 Å². The topological polar surface area (TPSA) is 107 Å². The molecule has 0 radical (unpaired) electrons. The Morgan fingerprint density at radius 3 is 2.57 bits per heavy atom. The number of pyridine rings is 1. The van der Waals surface area contributed by atoms with E-state index in [1.807, 2.05) is 12.1 Å². The Kier molecular flexibility index (Phi) is 5.75. The number of carbonyl (C=O) groups is 1. The Balaban J connectivity index is 1.34. The van der Waals surface area contributed by atoms with Crippen LogP contribution >= 0.6 is 0 Å². The van der Waals surface area contributed by atoms with E-state index in [0.717, 1.165) is 24.5 Å². The van der Waals surface area contributed by atoms with Crippen LogP contribution in [0.5, 0.6) is 5.75 Å². The van der Waals surface area contributed by atoms with Gasteiger partial charge in [0.25, 0.3) is 0 Å². The number of benzene rings is 1. The normalized spacial score (nSPS) is 13.7. The quantitative estimate of drug-likeness (QED) is 0.386. The van der Waals surface area contributed by atoms with Crippen LogP contribution in [0.3, 0.4) is 0 Å². The van der Waals surface area contributed by atoms with Crippen molar-refractivity contribution in [3.63, 3.8) is 0 Å². The summed E-state index contributed by atoms with van der Waals surface area (Å²) in [6.07, 6.45) is -0.00117. The molecule has 1 aliphatic rings. The summed E-state index contributed by atoms with van der Waals surface area (Å²) in [7, 11) is 0. The molecule has 4 aromatic rings. The lowest BCUT2D eigenvalue weighted by Gasteiger charge is -2.11. The summed E-state index contributed by atoms with van der Waals surface area (Å²) in [4.78, 5) is 19.6. The van der Waals surface area contributed by atoms with Gasteiger partial charge in [0, 0.05) is 23.2 Å². The highest BCUT2D eigenvalue weighted by atomic mass is 19.4. The minimum Gasteiger partial charge on any atom is -0.492 e. The van der Waals surface area contributed by atoms with Gasteiger partial charge in [0.2, 0.25) is 5.91 Å². The van der Waals surface area contributed by atoms with Crippen molar-refractivity contribution in [3.05, 3.63) is 60.4 Å². The lowest BCUT2D eigenvalue weighted by molar-refractivity contribution is -0.137. The SMILES string of the molecule is Nc1ncc(-c2cnc3ccc(-c4ccc(OCCNC(=O)C5CC5)cc4)nn23)cc1C(F)(F)F. The fraction of sp³-hybridized carbons (Fsp3) is 0.250. The number of hydrogen-bond acceptors (Lipinski definition) is 6. The maximum atomic E-state index is 13.3. The number of imidazole rings is 1. The molecule has 0 spiro atoms. The molecule has 8 nitrogen and oxygen atoms in total. The number of halogens is 3. The lowest BCUT2D eigenvalue weighted by atomic mass is 10.1. The van der Waals surface area contributed by atoms with E-state index in [9.17, 15) is 18.0 Å². The number of fused-ring (bicyclic) bond motifs is 1. The number of aromatic nitrogens is 4. The third-order valence-electron chi connectivity index (χ3n) is 5.65. The molecule has 1 fully saturated rings. The second-order valence-corrected chi connectivity index (χ2v) is 8.22. The van der Waals surface area contributed by atoms with Crippen LogP contribution < -0.4 is 15.8 Å². The smallest absolute Gasteiger partial charge is 0.419 e. The number of anilines is 1. The number of amides is 1. The van der Waals surface area contributed by atoms with E-state index in [1.54, 1.807) is 24.3 Å². The Bertz CT molecular complexity index is 1380. The monoisotopic (exact) mass is 482 g/mol. The Morgan fingerprint density at radius 1 is 1.09 bits per heavy atom. The summed E-state index contributed by atoms with van der Waals surface area (Å²) in [5.41, 5.74) is 6.82. The van der Waals surface area contributed by atoms with Gasteiger partial charge in [-0.2, -0.15) is 18.3 Å². The minimum absolute atomic E-state index is 0.0775. The van der Waals surface area contributed by atoms with Crippen molar-refractivity contribution in [3.8, 4) is 28.3 Å². The molecule has 1 aliphatic carbocycles. The van der Waals surface area contributed by atoms with Crippen molar-refractivity contribution in [2.45, 2.75) is 19.0 Å². The van der Waals surface area contributed by atoms with Crippen molar-refractivity contribution >= 4 is 17.4 Å². The van der Waals surface area contributed by atoms with E-state index < -0.39 is 17.6 Å². The molecule has 0 saturated heterocycles. The number of nitrogens with zero attached hydrogens (tertiary/aromatic N) is 4. The predicted molar refractivity (Wildman–Crippen MR) is 122 cm³/mol. The van der Waals surface area contributed by atoms with Gasteiger partial charge in [0.1, 0.15) is 18.2 Å². The molecule has 180 valence electrons. The first-order valence-electron chi connectivity index (χ1n) is 11.0. The predicted octanol–water partition coefficient (Wildman–Crippen LogP) is 3.96. The van der Waals surface area contributed by atoms with Crippen LogP contribution in [0.4, 0.5) is 19.0 Å². The fourth-order valence-corrected chi connectivity index (χ4v) is 3.62. The van der Waals surface area contributed by atoms with E-state index in [-0.39, 0.29) is 17.4 Å². The van der Waals surface area contributed by atoms with Gasteiger partial charge in [-0.3, -0.25) is 4.79 Å². The molecule has 11 heteroatoms. The number of ether oxygens (including phenoxy) is 1. The maximum absolute atomic E-state index is 13.3. The molecular weight excluding hydrogens is 461 g/mol. The average molecular weight is 482 g/mol. The molecule has 0 aliphatic heterocycles. The average Bonchev–Trinajstić information content (AvgIpc) is 3.61. The summed E-state index contributed by atoms with van der Waals surface area (Å²) in [5.74, 6) is 0.301. The zero-order valence-corrected chi connectivity index (χ0v) is 18.4. The van der Waals surface area contributed by atoms with Crippen LogP contribution in [0, 0.1) is 5.92 Å². The highest BCUT2D eigenvalue weighted by Crippen LogP contribution is 2.35. The second kappa shape index (κ2) is 8.90. The lowest BCUT2D eigenvalue weighted by Crippen LogP contribution is -2.29. The van der Waals surface area contributed by atoms with Gasteiger partial charge in [-0.15, -0.1) is 0 Å². The number of alkyl halides is 3. The van der Waals surface area contributed by atoms with Crippen LogP contribution in [0.1, 0.15) is 18.4 Å². The van der Waals surface area contributed by atoms with Crippen LogP contribution in [0.25, 0.3) is 28.2 Å². The molecule has 5 rings (SSSR count). The molecule has 1 saturated carbocycles. The third-order valence-corrected chi connectivity index (χ3v) is 5.65. The third kappa shape index (κ3) is 4.88. The van der Waals surface area contributed by atoms with E-state index >= 15 is 0 Å². The first-order valence-corrected chi connectivity index (χ1v) is 11.0. The molecule has 0 bridgehead atoms. The number of hydrogen-bond donors (Lipinski definition) is 2. The van der Waals surface area contributed by atoms with Crippen molar-refractivity contribution < 1.29 is 22.7 Å². The molecule has 0 atom stereocenters. The highest BCUT2D eigenvalue weighted by Gasteiger charge is 2.34. The molecule has 3 aromatic heterocycles. The zero-order chi connectivity index (χ0) is 24.6. The molecule has 0 unspecified atom stereocenters. The van der Waals surface area contributed by atoms with Gasteiger partial charge in [-0.1, -0.05) is 0 Å². The van der Waals surface area contributed by atoms with Gasteiger partial charge < -0.3 is 15.8 Å². The first kappa shape index (κ1) is 22.6. The number of carbonyl (C=O) groups excluding carboxylic acids is 1. The van der Waals surface area contributed by atoms with Crippen LogP contribution in [-0.2, 0) is 11.0 Å². The Labute approximate surface area is 198 Å². The number of rotatable bonds is 7. The summed E-state index contributed by atoms with van der Waals surface area (Å²) in [5, 5.41) is 7.41. The summed E-state index contributed by atoms with van der Waals surface area (Å²) < 4.78 is 47.0. The first-order chi connectivity index (χ1) is 16.8. The number of nitrogen functional groups attached to an aromatic ring is 1. The Morgan fingerprint density at radius 2 is 1.86 bits per heavy atom. The summed E-state index contributed by atoms with van der Waals surface area (Å²) in [6, 6.07) is 11.7. The Hall–Kier alpha value is -4.15. The maximum Gasteiger partial charge on any atom is 0.419 e. The summed E-state index contributed by atoms with van der Waals surface area (Å²) in [6.45, 7) is 0.796. The van der Waals surface area contributed by atoms with Crippen molar-refractivity contribution in [2.24, 2.45) is 5.92 Å². The molecule has 1 amide bonds.